The van der Waals surface area contributed by atoms with Crippen LogP contribution >= 0.6 is 0 Å². The Morgan fingerprint density at radius 1 is 0.262 bits per heavy atom. The largest absolute Gasteiger partial charge is 0.228 e. The minimum atomic E-state index is -0.497. The van der Waals surface area contributed by atoms with E-state index in [1.165, 1.54) is 44.5 Å². The smallest absolute Gasteiger partial charge is 0.160 e. The Hall–Kier alpha value is -7.94. The molecule has 286 valence electrons. The SMILES string of the molecule is c1ccc(-c2cccc(-c3cc(-c4ccc(-c5cccc6c5C(c5ccccc5)(c5ccccc5)c5ccccc5-6)cc4)nc(-c4cccc(-c5ccccc5)c4)n3)c2)cc1. The first-order valence-electron chi connectivity index (χ1n) is 20.9. The molecule has 1 heterocycles. The van der Waals surface area contributed by atoms with Crippen molar-refractivity contribution in [3.63, 3.8) is 0 Å². The summed E-state index contributed by atoms with van der Waals surface area (Å²) in [5.41, 5.74) is 18.9. The van der Waals surface area contributed by atoms with Gasteiger partial charge in [-0.2, -0.15) is 0 Å². The lowest BCUT2D eigenvalue weighted by molar-refractivity contribution is 0.770. The summed E-state index contributed by atoms with van der Waals surface area (Å²) in [6, 6.07) is 87.1. The molecule has 0 bridgehead atoms. The molecule has 0 unspecified atom stereocenters. The highest BCUT2D eigenvalue weighted by Gasteiger charge is 2.47. The quantitative estimate of drug-likeness (QED) is 0.154. The Balaban J connectivity index is 1.06. The topological polar surface area (TPSA) is 25.8 Å². The van der Waals surface area contributed by atoms with Crippen LogP contribution in [0.3, 0.4) is 0 Å². The van der Waals surface area contributed by atoms with E-state index in [1.54, 1.807) is 0 Å². The van der Waals surface area contributed by atoms with Crippen LogP contribution in [0.15, 0.2) is 243 Å². The summed E-state index contributed by atoms with van der Waals surface area (Å²) < 4.78 is 0. The fourth-order valence-electron chi connectivity index (χ4n) is 9.39. The van der Waals surface area contributed by atoms with Crippen molar-refractivity contribution >= 4 is 0 Å². The Labute approximate surface area is 357 Å². The highest BCUT2D eigenvalue weighted by molar-refractivity contribution is 5.93. The summed E-state index contributed by atoms with van der Waals surface area (Å²) in [4.78, 5) is 10.5. The van der Waals surface area contributed by atoms with E-state index in [0.717, 1.165) is 50.3 Å². The molecular weight excluding hydrogens is 737 g/mol. The van der Waals surface area contributed by atoms with Gasteiger partial charge in [0.05, 0.1) is 16.8 Å². The minimum absolute atomic E-state index is 0.497. The lowest BCUT2D eigenvalue weighted by atomic mass is 9.66. The highest BCUT2D eigenvalue weighted by atomic mass is 14.9. The van der Waals surface area contributed by atoms with Crippen LogP contribution in [0.25, 0.3) is 78.4 Å². The molecular formula is C59H40N2. The molecule has 1 aliphatic rings. The number of hydrogen-bond acceptors (Lipinski definition) is 2. The van der Waals surface area contributed by atoms with Gasteiger partial charge < -0.3 is 0 Å². The van der Waals surface area contributed by atoms with Crippen molar-refractivity contribution in [2.75, 3.05) is 0 Å². The molecule has 61 heavy (non-hydrogen) atoms. The Kier molecular flexibility index (Phi) is 9.09. The summed E-state index contributed by atoms with van der Waals surface area (Å²) >= 11 is 0. The monoisotopic (exact) mass is 776 g/mol. The molecule has 0 aliphatic heterocycles. The van der Waals surface area contributed by atoms with Crippen molar-refractivity contribution in [1.82, 2.24) is 9.97 Å². The van der Waals surface area contributed by atoms with E-state index in [-0.39, 0.29) is 0 Å². The Morgan fingerprint density at radius 3 is 1.31 bits per heavy atom. The summed E-state index contributed by atoms with van der Waals surface area (Å²) in [5.74, 6) is 0.689. The third-order valence-corrected chi connectivity index (χ3v) is 12.2. The molecule has 9 aromatic carbocycles. The molecule has 11 rings (SSSR count). The molecule has 2 nitrogen and oxygen atoms in total. The van der Waals surface area contributed by atoms with Crippen molar-refractivity contribution in [2.45, 2.75) is 5.41 Å². The average Bonchev–Trinajstić information content (AvgIpc) is 3.66. The summed E-state index contributed by atoms with van der Waals surface area (Å²) in [6.45, 7) is 0. The van der Waals surface area contributed by atoms with Gasteiger partial charge in [-0.15, -0.1) is 0 Å². The van der Waals surface area contributed by atoms with Crippen LogP contribution in [0.5, 0.6) is 0 Å². The minimum Gasteiger partial charge on any atom is -0.228 e. The number of hydrogen-bond donors (Lipinski definition) is 0. The first kappa shape index (κ1) is 36.2. The van der Waals surface area contributed by atoms with Crippen molar-refractivity contribution in [3.8, 4) is 78.4 Å². The maximum absolute atomic E-state index is 5.29. The van der Waals surface area contributed by atoms with Crippen LogP contribution in [0.1, 0.15) is 22.3 Å². The van der Waals surface area contributed by atoms with Gasteiger partial charge in [0.2, 0.25) is 0 Å². The van der Waals surface area contributed by atoms with E-state index in [2.05, 4.69) is 237 Å². The Morgan fingerprint density at radius 2 is 0.689 bits per heavy atom. The number of fused-ring (bicyclic) bond motifs is 3. The molecule has 2 heteroatoms. The zero-order valence-corrected chi connectivity index (χ0v) is 33.5. The fourth-order valence-corrected chi connectivity index (χ4v) is 9.39. The lowest BCUT2D eigenvalue weighted by Gasteiger charge is -2.35. The predicted molar refractivity (Wildman–Crippen MR) is 252 cm³/mol. The van der Waals surface area contributed by atoms with E-state index in [1.807, 2.05) is 6.07 Å². The Bertz CT molecular complexity index is 3020. The molecule has 1 aromatic heterocycles. The molecule has 1 aliphatic carbocycles. The molecule has 10 aromatic rings. The van der Waals surface area contributed by atoms with E-state index in [0.29, 0.717) is 5.82 Å². The van der Waals surface area contributed by atoms with Gasteiger partial charge in [0.15, 0.2) is 5.82 Å². The van der Waals surface area contributed by atoms with E-state index >= 15 is 0 Å². The van der Waals surface area contributed by atoms with Gasteiger partial charge in [-0.1, -0.05) is 224 Å². The number of aromatic nitrogens is 2. The van der Waals surface area contributed by atoms with Crippen LogP contribution in [-0.4, -0.2) is 9.97 Å². The first-order valence-corrected chi connectivity index (χ1v) is 20.9. The zero-order valence-electron chi connectivity index (χ0n) is 33.5. The standard InChI is InChI=1S/C59H40N2/c1-5-18-41(19-6-1)45-22-15-24-47(38-45)56-40-55(60-58(61-56)48-25-16-23-46(39-48)42-20-7-2-8-21-42)44-36-34-43(35-37-44)51-31-17-32-53-52-30-13-14-33-54(52)59(57(51)53,49-26-9-3-10-27-49)50-28-11-4-12-29-50/h1-40H. The molecule has 0 saturated heterocycles. The first-order chi connectivity index (χ1) is 30.2. The van der Waals surface area contributed by atoms with Crippen LogP contribution < -0.4 is 0 Å². The zero-order chi connectivity index (χ0) is 40.6. The maximum Gasteiger partial charge on any atom is 0.160 e. The van der Waals surface area contributed by atoms with Gasteiger partial charge in [0, 0.05) is 16.7 Å². The van der Waals surface area contributed by atoms with E-state index in [9.17, 15) is 0 Å². The number of nitrogens with zero attached hydrogens (tertiary/aromatic N) is 2. The van der Waals surface area contributed by atoms with E-state index < -0.39 is 5.41 Å². The lowest BCUT2D eigenvalue weighted by Crippen LogP contribution is -2.29. The summed E-state index contributed by atoms with van der Waals surface area (Å²) in [7, 11) is 0. The van der Waals surface area contributed by atoms with Gasteiger partial charge in [-0.05, 0) is 85.0 Å². The second-order valence-corrected chi connectivity index (χ2v) is 15.7. The third-order valence-electron chi connectivity index (χ3n) is 12.2. The summed E-state index contributed by atoms with van der Waals surface area (Å²) in [5, 5.41) is 0. The second-order valence-electron chi connectivity index (χ2n) is 15.7. The molecule has 0 saturated carbocycles. The third kappa shape index (κ3) is 6.37. The second kappa shape index (κ2) is 15.3. The van der Waals surface area contributed by atoms with Crippen molar-refractivity contribution in [1.29, 1.82) is 0 Å². The molecule has 0 fully saturated rings. The van der Waals surface area contributed by atoms with Crippen LogP contribution in [0.2, 0.25) is 0 Å². The van der Waals surface area contributed by atoms with Gasteiger partial charge in [0.25, 0.3) is 0 Å². The van der Waals surface area contributed by atoms with E-state index in [4.69, 9.17) is 9.97 Å². The van der Waals surface area contributed by atoms with Gasteiger partial charge in [-0.25, -0.2) is 9.97 Å². The van der Waals surface area contributed by atoms with Crippen molar-refractivity contribution < 1.29 is 0 Å². The molecule has 0 atom stereocenters. The predicted octanol–water partition coefficient (Wildman–Crippen LogP) is 14.8. The average molecular weight is 777 g/mol. The highest BCUT2D eigenvalue weighted by Crippen LogP contribution is 2.58. The molecule has 0 spiro atoms. The van der Waals surface area contributed by atoms with Crippen LogP contribution in [0.4, 0.5) is 0 Å². The molecule has 0 amide bonds. The van der Waals surface area contributed by atoms with Gasteiger partial charge in [-0.3, -0.25) is 0 Å². The fraction of sp³-hybridized carbons (Fsp3) is 0.0169. The normalized spacial score (nSPS) is 12.4. The van der Waals surface area contributed by atoms with Crippen molar-refractivity contribution in [3.05, 3.63) is 265 Å². The molecule has 0 radical (unpaired) electrons. The maximum atomic E-state index is 5.29. The number of benzene rings is 9. The van der Waals surface area contributed by atoms with Gasteiger partial charge in [0.1, 0.15) is 0 Å². The van der Waals surface area contributed by atoms with Crippen LogP contribution in [0, 0.1) is 0 Å². The molecule has 0 N–H and O–H groups in total. The number of rotatable bonds is 8. The van der Waals surface area contributed by atoms with Gasteiger partial charge >= 0.3 is 0 Å². The van der Waals surface area contributed by atoms with Crippen LogP contribution in [-0.2, 0) is 5.41 Å². The van der Waals surface area contributed by atoms with Crippen molar-refractivity contribution in [2.24, 2.45) is 0 Å². The summed E-state index contributed by atoms with van der Waals surface area (Å²) in [6.07, 6.45) is 0.